The summed E-state index contributed by atoms with van der Waals surface area (Å²) in [6.45, 7) is 0.661. The second-order valence-electron chi connectivity index (χ2n) is 7.13. The number of nitrogens with one attached hydrogen (secondary N) is 2. The van der Waals surface area contributed by atoms with E-state index in [-0.39, 0.29) is 15.9 Å². The van der Waals surface area contributed by atoms with Gasteiger partial charge in [0.1, 0.15) is 5.75 Å². The van der Waals surface area contributed by atoms with Crippen molar-refractivity contribution in [3.8, 4) is 5.75 Å². The summed E-state index contributed by atoms with van der Waals surface area (Å²) in [6.07, 6.45) is 8.80. The molecule has 0 aliphatic heterocycles. The normalized spacial score (nSPS) is 14.1. The molecule has 1 aliphatic carbocycles. The van der Waals surface area contributed by atoms with Crippen molar-refractivity contribution in [2.75, 3.05) is 18.4 Å². The Labute approximate surface area is 181 Å². The number of hydrogen-bond donors (Lipinski definition) is 2. The Balaban J connectivity index is 1.45. The SMILES string of the molecule is COc1ccc(S(=O)(=O)Nc2nc(CCC(=O)NCCC3=CCCCC3)cs2)cc1. The zero-order valence-electron chi connectivity index (χ0n) is 17.0. The van der Waals surface area contributed by atoms with Crippen LogP contribution in [0.3, 0.4) is 0 Å². The van der Waals surface area contributed by atoms with Gasteiger partial charge < -0.3 is 10.1 Å². The summed E-state index contributed by atoms with van der Waals surface area (Å²) >= 11 is 1.20. The molecule has 0 atom stereocenters. The fourth-order valence-electron chi connectivity index (χ4n) is 3.22. The number of methoxy groups -OCH3 is 1. The van der Waals surface area contributed by atoms with Crippen LogP contribution in [0.15, 0.2) is 46.2 Å². The molecular formula is C21H27N3O4S2. The molecule has 0 spiro atoms. The first-order chi connectivity index (χ1) is 14.5. The van der Waals surface area contributed by atoms with Crippen LogP contribution in [0.5, 0.6) is 5.75 Å². The lowest BCUT2D eigenvalue weighted by molar-refractivity contribution is -0.121. The van der Waals surface area contributed by atoms with Crippen molar-refractivity contribution in [3.63, 3.8) is 0 Å². The molecule has 2 aromatic rings. The fourth-order valence-corrected chi connectivity index (χ4v) is 5.22. The highest BCUT2D eigenvalue weighted by Gasteiger charge is 2.16. The first-order valence-electron chi connectivity index (χ1n) is 10.0. The number of allylic oxidation sites excluding steroid dienone is 1. The third kappa shape index (κ3) is 6.56. The van der Waals surface area contributed by atoms with E-state index in [9.17, 15) is 13.2 Å². The number of benzene rings is 1. The van der Waals surface area contributed by atoms with E-state index in [4.69, 9.17) is 4.74 Å². The van der Waals surface area contributed by atoms with Crippen LogP contribution in [-0.2, 0) is 21.2 Å². The predicted molar refractivity (Wildman–Crippen MR) is 118 cm³/mol. The van der Waals surface area contributed by atoms with Gasteiger partial charge in [0.15, 0.2) is 5.13 Å². The summed E-state index contributed by atoms with van der Waals surface area (Å²) in [5.41, 5.74) is 2.13. The summed E-state index contributed by atoms with van der Waals surface area (Å²) in [5, 5.41) is 5.00. The van der Waals surface area contributed by atoms with Gasteiger partial charge in [0.2, 0.25) is 5.91 Å². The lowest BCUT2D eigenvalue weighted by Crippen LogP contribution is -2.25. The molecule has 0 unspecified atom stereocenters. The van der Waals surface area contributed by atoms with E-state index in [2.05, 4.69) is 21.1 Å². The molecule has 9 heteroatoms. The molecule has 3 rings (SSSR count). The molecule has 7 nitrogen and oxygen atoms in total. The number of ether oxygens (including phenoxy) is 1. The molecule has 1 aromatic heterocycles. The van der Waals surface area contributed by atoms with Crippen molar-refractivity contribution in [1.82, 2.24) is 10.3 Å². The Kier molecular flexibility index (Phi) is 7.87. The van der Waals surface area contributed by atoms with E-state index < -0.39 is 10.0 Å². The van der Waals surface area contributed by atoms with Crippen molar-refractivity contribution < 1.29 is 17.9 Å². The number of amides is 1. The highest BCUT2D eigenvalue weighted by atomic mass is 32.2. The van der Waals surface area contributed by atoms with Crippen LogP contribution in [0.4, 0.5) is 5.13 Å². The molecule has 0 saturated heterocycles. The lowest BCUT2D eigenvalue weighted by atomic mass is 9.97. The zero-order chi connectivity index (χ0) is 21.4. The van der Waals surface area contributed by atoms with Crippen molar-refractivity contribution in [3.05, 3.63) is 47.0 Å². The number of aromatic nitrogens is 1. The van der Waals surface area contributed by atoms with Gasteiger partial charge >= 0.3 is 0 Å². The number of sulfonamides is 1. The van der Waals surface area contributed by atoms with Gasteiger partial charge in [-0.1, -0.05) is 11.6 Å². The van der Waals surface area contributed by atoms with Gasteiger partial charge in [0.25, 0.3) is 10.0 Å². The lowest BCUT2D eigenvalue weighted by Gasteiger charge is -2.12. The molecule has 0 fully saturated rings. The molecule has 0 saturated carbocycles. The number of carbonyl (C=O) groups is 1. The summed E-state index contributed by atoms with van der Waals surface area (Å²) in [4.78, 5) is 16.5. The van der Waals surface area contributed by atoms with Gasteiger partial charge in [-0.05, 0) is 62.8 Å². The van der Waals surface area contributed by atoms with E-state index in [1.54, 1.807) is 17.5 Å². The quantitative estimate of drug-likeness (QED) is 0.536. The molecule has 1 aromatic carbocycles. The van der Waals surface area contributed by atoms with Gasteiger partial charge in [-0.15, -0.1) is 11.3 Å². The van der Waals surface area contributed by atoms with Crippen molar-refractivity contribution in [1.29, 1.82) is 0 Å². The van der Waals surface area contributed by atoms with Crippen LogP contribution in [0.1, 0.15) is 44.2 Å². The minimum atomic E-state index is -3.72. The van der Waals surface area contributed by atoms with Crippen molar-refractivity contribution >= 4 is 32.4 Å². The van der Waals surface area contributed by atoms with Gasteiger partial charge in [0, 0.05) is 18.3 Å². The number of thiazole rings is 1. The topological polar surface area (TPSA) is 97.4 Å². The van der Waals surface area contributed by atoms with Crippen LogP contribution in [0.25, 0.3) is 0 Å². The van der Waals surface area contributed by atoms with Gasteiger partial charge in [0.05, 0.1) is 17.7 Å². The molecule has 2 N–H and O–H groups in total. The van der Waals surface area contributed by atoms with E-state index in [1.807, 2.05) is 0 Å². The Morgan fingerprint density at radius 2 is 2.00 bits per heavy atom. The number of hydrogen-bond acceptors (Lipinski definition) is 6. The summed E-state index contributed by atoms with van der Waals surface area (Å²) in [5.74, 6) is 0.569. The molecular weight excluding hydrogens is 422 g/mol. The van der Waals surface area contributed by atoms with Crippen molar-refractivity contribution in [2.24, 2.45) is 0 Å². The monoisotopic (exact) mass is 449 g/mol. The van der Waals surface area contributed by atoms with E-state index in [1.165, 1.54) is 49.0 Å². The first-order valence-corrected chi connectivity index (χ1v) is 12.4. The van der Waals surface area contributed by atoms with Crippen molar-refractivity contribution in [2.45, 2.75) is 49.8 Å². The summed E-state index contributed by atoms with van der Waals surface area (Å²) < 4.78 is 32.5. The molecule has 1 amide bonds. The van der Waals surface area contributed by atoms with Gasteiger partial charge in [-0.25, -0.2) is 13.4 Å². The molecule has 1 heterocycles. The molecule has 162 valence electrons. The third-order valence-corrected chi connectivity index (χ3v) is 7.20. The number of nitrogens with zero attached hydrogens (tertiary/aromatic N) is 1. The molecule has 0 radical (unpaired) electrons. The maximum atomic E-state index is 12.5. The number of anilines is 1. The highest BCUT2D eigenvalue weighted by Crippen LogP contribution is 2.22. The Hall–Kier alpha value is -2.39. The minimum absolute atomic E-state index is 0.0141. The molecule has 1 aliphatic rings. The van der Waals surface area contributed by atoms with Crippen LogP contribution in [0, 0.1) is 0 Å². The third-order valence-electron chi connectivity index (χ3n) is 4.90. The fraction of sp³-hybridized carbons (Fsp3) is 0.429. The first kappa shape index (κ1) is 22.3. The molecule has 30 heavy (non-hydrogen) atoms. The highest BCUT2D eigenvalue weighted by molar-refractivity contribution is 7.93. The second-order valence-corrected chi connectivity index (χ2v) is 9.67. The summed E-state index contributed by atoms with van der Waals surface area (Å²) in [6, 6.07) is 6.13. The van der Waals surface area contributed by atoms with E-state index in [0.717, 1.165) is 19.3 Å². The zero-order valence-corrected chi connectivity index (χ0v) is 18.7. The minimum Gasteiger partial charge on any atom is -0.497 e. The second kappa shape index (κ2) is 10.6. The maximum absolute atomic E-state index is 12.5. The van der Waals surface area contributed by atoms with Crippen LogP contribution < -0.4 is 14.8 Å². The molecule has 0 bridgehead atoms. The summed E-state index contributed by atoms with van der Waals surface area (Å²) in [7, 11) is -2.20. The average Bonchev–Trinajstić information content (AvgIpc) is 3.19. The number of rotatable bonds is 10. The van der Waals surface area contributed by atoms with Crippen LogP contribution >= 0.6 is 11.3 Å². The van der Waals surface area contributed by atoms with Crippen LogP contribution in [-0.4, -0.2) is 33.0 Å². The number of carbonyl (C=O) groups excluding carboxylic acids is 1. The predicted octanol–water partition coefficient (Wildman–Crippen LogP) is 3.89. The maximum Gasteiger partial charge on any atom is 0.263 e. The van der Waals surface area contributed by atoms with E-state index >= 15 is 0 Å². The van der Waals surface area contributed by atoms with Crippen LogP contribution in [0.2, 0.25) is 0 Å². The number of aryl methyl sites for hydroxylation is 1. The van der Waals surface area contributed by atoms with Gasteiger partial charge in [-0.2, -0.15) is 0 Å². The Morgan fingerprint density at radius 1 is 1.20 bits per heavy atom. The Bertz CT molecular complexity index is 982. The largest absolute Gasteiger partial charge is 0.497 e. The van der Waals surface area contributed by atoms with E-state index in [0.29, 0.717) is 30.8 Å². The standard InChI is InChI=1S/C21H27N3O4S2/c1-28-18-8-10-19(11-9-18)30(26,27)24-21-23-17(15-29-21)7-12-20(25)22-14-13-16-5-3-2-4-6-16/h5,8-11,15H,2-4,6-7,12-14H2,1H3,(H,22,25)(H,23,24). The smallest absolute Gasteiger partial charge is 0.263 e. The average molecular weight is 450 g/mol. The van der Waals surface area contributed by atoms with Gasteiger partial charge in [-0.3, -0.25) is 9.52 Å². The Morgan fingerprint density at radius 3 is 2.70 bits per heavy atom.